The molecule has 1 atom stereocenters. The topological polar surface area (TPSA) is 17.1 Å². The average molecular weight is 321 g/mol. The molecule has 0 spiro atoms. The van der Waals surface area contributed by atoms with E-state index in [-0.39, 0.29) is 10.4 Å². The number of rotatable bonds is 3. The lowest BCUT2D eigenvalue weighted by molar-refractivity contribution is 0.108. The van der Waals surface area contributed by atoms with Crippen molar-refractivity contribution < 1.29 is 4.79 Å². The quantitative estimate of drug-likeness (QED) is 0.784. The van der Waals surface area contributed by atoms with E-state index in [1.807, 2.05) is 54.6 Å². The second-order valence-electron chi connectivity index (χ2n) is 3.97. The lowest BCUT2D eigenvalue weighted by Gasteiger charge is -2.10. The summed E-state index contributed by atoms with van der Waals surface area (Å²) in [6.07, 6.45) is 0. The lowest BCUT2D eigenvalue weighted by atomic mass is 10.2. The molecule has 2 aromatic rings. The van der Waals surface area contributed by atoms with Crippen molar-refractivity contribution in [2.45, 2.75) is 12.2 Å². The Morgan fingerprint density at radius 3 is 2.28 bits per heavy atom. The van der Waals surface area contributed by atoms with Gasteiger partial charge in [0.05, 0.1) is 0 Å². The summed E-state index contributed by atoms with van der Waals surface area (Å²) in [7, 11) is 0. The fourth-order valence-corrected chi connectivity index (χ4v) is 2.76. The molecule has 0 aliphatic heterocycles. The molecule has 0 heterocycles. The van der Waals surface area contributed by atoms with Crippen LogP contribution < -0.4 is 0 Å². The van der Waals surface area contributed by atoms with Crippen molar-refractivity contribution in [3.8, 4) is 0 Å². The SMILES string of the molecule is CC(SC(=O)c1ccc(Br)cc1)c1ccccc1. The molecule has 3 heteroatoms. The van der Waals surface area contributed by atoms with Crippen LogP contribution in [0.4, 0.5) is 0 Å². The van der Waals surface area contributed by atoms with Gasteiger partial charge in [0.25, 0.3) is 0 Å². The van der Waals surface area contributed by atoms with E-state index < -0.39 is 0 Å². The van der Waals surface area contributed by atoms with Crippen LogP contribution in [-0.4, -0.2) is 5.12 Å². The minimum absolute atomic E-state index is 0.110. The second kappa shape index (κ2) is 6.21. The van der Waals surface area contributed by atoms with Crippen LogP contribution in [0.3, 0.4) is 0 Å². The maximum atomic E-state index is 12.1. The summed E-state index contributed by atoms with van der Waals surface area (Å²) in [6.45, 7) is 2.05. The van der Waals surface area contributed by atoms with E-state index in [1.54, 1.807) is 0 Å². The molecule has 2 aromatic carbocycles. The first-order valence-electron chi connectivity index (χ1n) is 5.68. The molecule has 2 rings (SSSR count). The van der Waals surface area contributed by atoms with Crippen molar-refractivity contribution in [3.05, 3.63) is 70.2 Å². The fraction of sp³-hybridized carbons (Fsp3) is 0.133. The van der Waals surface area contributed by atoms with Crippen molar-refractivity contribution in [1.82, 2.24) is 0 Å². The van der Waals surface area contributed by atoms with Gasteiger partial charge < -0.3 is 0 Å². The monoisotopic (exact) mass is 320 g/mol. The van der Waals surface area contributed by atoms with Crippen LogP contribution in [-0.2, 0) is 0 Å². The van der Waals surface area contributed by atoms with Gasteiger partial charge in [0.1, 0.15) is 0 Å². The summed E-state index contributed by atoms with van der Waals surface area (Å²) in [5, 5.41) is 0.279. The Morgan fingerprint density at radius 1 is 1.06 bits per heavy atom. The summed E-state index contributed by atoms with van der Waals surface area (Å²) >= 11 is 4.72. The Bertz CT molecular complexity index is 522. The predicted octanol–water partition coefficient (Wildman–Crippen LogP) is 5.08. The van der Waals surface area contributed by atoms with Crippen LogP contribution >= 0.6 is 27.7 Å². The molecule has 0 bridgehead atoms. The standard InChI is InChI=1S/C15H13BrOS/c1-11(12-5-3-2-4-6-12)18-15(17)13-7-9-14(16)10-8-13/h2-11H,1H3. The highest BCUT2D eigenvalue weighted by Gasteiger charge is 2.13. The largest absolute Gasteiger partial charge is 0.282 e. The van der Waals surface area contributed by atoms with Crippen molar-refractivity contribution in [1.29, 1.82) is 0 Å². The first-order valence-corrected chi connectivity index (χ1v) is 7.35. The summed E-state index contributed by atoms with van der Waals surface area (Å²) in [6, 6.07) is 17.5. The van der Waals surface area contributed by atoms with Gasteiger partial charge in [0, 0.05) is 15.3 Å². The number of carbonyl (C=O) groups excluding carboxylic acids is 1. The molecule has 0 N–H and O–H groups in total. The molecule has 0 saturated carbocycles. The number of carbonyl (C=O) groups is 1. The van der Waals surface area contributed by atoms with E-state index in [2.05, 4.69) is 22.9 Å². The van der Waals surface area contributed by atoms with Gasteiger partial charge in [0.15, 0.2) is 0 Å². The van der Waals surface area contributed by atoms with Crippen LogP contribution in [0.1, 0.15) is 28.1 Å². The number of hydrogen-bond acceptors (Lipinski definition) is 2. The second-order valence-corrected chi connectivity index (χ2v) is 6.19. The number of hydrogen-bond donors (Lipinski definition) is 0. The summed E-state index contributed by atoms with van der Waals surface area (Å²) in [5.41, 5.74) is 1.92. The van der Waals surface area contributed by atoms with Gasteiger partial charge in [-0.05, 0) is 36.8 Å². The van der Waals surface area contributed by atoms with Crippen LogP contribution in [0.5, 0.6) is 0 Å². The summed E-state index contributed by atoms with van der Waals surface area (Å²) in [5.74, 6) is 0. The van der Waals surface area contributed by atoms with Crippen molar-refractivity contribution >= 4 is 32.8 Å². The molecule has 0 aromatic heterocycles. The van der Waals surface area contributed by atoms with E-state index in [4.69, 9.17) is 0 Å². The van der Waals surface area contributed by atoms with E-state index in [0.717, 1.165) is 10.0 Å². The minimum atomic E-state index is 0.110. The molecule has 0 saturated heterocycles. The Hall–Kier alpha value is -1.06. The van der Waals surface area contributed by atoms with Gasteiger partial charge in [-0.3, -0.25) is 4.79 Å². The fourth-order valence-electron chi connectivity index (χ4n) is 1.61. The molecule has 0 amide bonds. The molecule has 92 valence electrons. The first-order chi connectivity index (χ1) is 8.66. The van der Waals surface area contributed by atoms with E-state index >= 15 is 0 Å². The first kappa shape index (κ1) is 13.4. The normalized spacial score (nSPS) is 12.1. The summed E-state index contributed by atoms with van der Waals surface area (Å²) < 4.78 is 0.986. The van der Waals surface area contributed by atoms with Gasteiger partial charge in [-0.2, -0.15) is 0 Å². The third-order valence-electron chi connectivity index (χ3n) is 2.63. The Kier molecular flexibility index (Phi) is 4.61. The zero-order chi connectivity index (χ0) is 13.0. The van der Waals surface area contributed by atoms with Crippen LogP contribution in [0.15, 0.2) is 59.1 Å². The lowest BCUT2D eigenvalue weighted by Crippen LogP contribution is -1.97. The smallest absolute Gasteiger partial charge is 0.219 e. The molecular weight excluding hydrogens is 308 g/mol. The molecule has 0 aliphatic rings. The Labute approximate surface area is 120 Å². The molecule has 1 unspecified atom stereocenters. The van der Waals surface area contributed by atoms with Crippen molar-refractivity contribution in [3.63, 3.8) is 0 Å². The van der Waals surface area contributed by atoms with E-state index in [1.165, 1.54) is 17.3 Å². The predicted molar refractivity (Wildman–Crippen MR) is 80.9 cm³/mol. The van der Waals surface area contributed by atoms with Gasteiger partial charge in [-0.1, -0.05) is 58.0 Å². The zero-order valence-electron chi connectivity index (χ0n) is 9.97. The highest BCUT2D eigenvalue weighted by molar-refractivity contribution is 9.10. The highest BCUT2D eigenvalue weighted by Crippen LogP contribution is 2.30. The number of halogens is 1. The van der Waals surface area contributed by atoms with Crippen LogP contribution in [0.2, 0.25) is 0 Å². The Balaban J connectivity index is 2.06. The average Bonchev–Trinajstić information content (AvgIpc) is 2.40. The number of benzene rings is 2. The third-order valence-corrected chi connectivity index (χ3v) is 4.24. The van der Waals surface area contributed by atoms with Crippen molar-refractivity contribution in [2.75, 3.05) is 0 Å². The molecule has 1 nitrogen and oxygen atoms in total. The third kappa shape index (κ3) is 3.47. The van der Waals surface area contributed by atoms with Gasteiger partial charge in [-0.15, -0.1) is 0 Å². The maximum Gasteiger partial charge on any atom is 0.219 e. The molecular formula is C15H13BrOS. The minimum Gasteiger partial charge on any atom is -0.282 e. The van der Waals surface area contributed by atoms with Gasteiger partial charge >= 0.3 is 0 Å². The number of thioether (sulfide) groups is 1. The molecule has 0 fully saturated rings. The van der Waals surface area contributed by atoms with E-state index in [0.29, 0.717) is 0 Å². The highest BCUT2D eigenvalue weighted by atomic mass is 79.9. The Morgan fingerprint density at radius 2 is 1.67 bits per heavy atom. The summed E-state index contributed by atoms with van der Waals surface area (Å²) in [4.78, 5) is 12.1. The van der Waals surface area contributed by atoms with Crippen molar-refractivity contribution in [2.24, 2.45) is 0 Å². The van der Waals surface area contributed by atoms with Crippen LogP contribution in [0, 0.1) is 0 Å². The molecule has 0 radical (unpaired) electrons. The van der Waals surface area contributed by atoms with E-state index in [9.17, 15) is 4.79 Å². The van der Waals surface area contributed by atoms with Gasteiger partial charge in [-0.25, -0.2) is 0 Å². The molecule has 18 heavy (non-hydrogen) atoms. The molecule has 0 aliphatic carbocycles. The maximum absolute atomic E-state index is 12.1. The van der Waals surface area contributed by atoms with Crippen LogP contribution in [0.25, 0.3) is 0 Å². The zero-order valence-corrected chi connectivity index (χ0v) is 12.4. The van der Waals surface area contributed by atoms with Gasteiger partial charge in [0.2, 0.25) is 5.12 Å².